The SMILES string of the molecule is O=C1c2ccccc2-c2ccccc21.OB(O)c1ccccc1Br.[2H]c1c([2H])c(-c2ccccc2Br)c2c([2H])c([2H])c([2H])c(Cl)c2c1[2H].[2H]c1c([2H])c(I)c2c([2H])c([2H])c([2H])c(Cl)c2c1[2H].[2H]c1c([2H])c2c3c(c([2H])c([2H])c(Cl)c3c1[2H])C1(c3ccccc3-c3ccccc31)c1ccccc1-2.[2H]c1cc2c(-c3ccccc3C3(O)c4ccccc4-c4ccccc43)c([2H])c([2H])c([2H])c2c(Cl)c1[2H].c1ccc(-n2c3ccccc3c3ccc(Nc4cccc5sc6ccccc6c45)cc32)cc1. The third-order valence-corrected chi connectivity index (χ3v) is 31.3. The van der Waals surface area contributed by atoms with Gasteiger partial charge in [0, 0.05) is 130 Å². The standard InChI is InChI=1S/C30H20N2S.C29H19ClO.C29H17Cl.C16H10BrCl.C13H8O.C10H6ClI.C6H6BBrO2/c1-2-9-21(10-3-1)32-26-14-6-4-11-22(26)23-18-17-20(19-27(23)32)31-25-13-8-16-29-30(25)24-12-5-7-15-28(24)33-29;30-28-18-8-13-20-19(12-7-14-24(20)28)21-9-1-4-15-25(21)29(31)26-16-5-2-10-22(26)23-11-3-6-17-27(23)29;30-27-17-16-26-28-21(11-7-12-22(27)28)20-10-3-6-15-25(20)29(26)23-13-4-1-8-18(23)19-9-2-5-14-24(19)29;17-15-9-2-1-5-13(15)11-6-3-8-14-12(11)7-4-10-16(14)18;14-13-11-7-3-1-5-9(11)10-6-2-4-8-12(10)13;11-9-5-1-4-8-7(9)3-2-6-10(8)12;8-6-4-2-1-3-5(6)7(9)10/h1-19,31H;1-18,31H;1-17H;1-10H;1-8H;1-6H;1-4,9-10H/i;7D,8D,12D,14D,18D;7D,11D,12D,16D,17D;3D,4D,6D,7D,8D,10D;;1D,2D,3D,4D,5D,6D;. The predicted octanol–water partition coefficient (Wildman–Crippen LogP) is 37.2. The van der Waals surface area contributed by atoms with Gasteiger partial charge in [-0.25, -0.2) is 0 Å². The summed E-state index contributed by atoms with van der Waals surface area (Å²) in [6.45, 7) is 0. The molecular weight excluding hydrogens is 2160 g/mol. The van der Waals surface area contributed by atoms with Crippen LogP contribution in [0.25, 0.3) is 158 Å². The topological polar surface area (TPSA) is 94.7 Å². The van der Waals surface area contributed by atoms with E-state index in [4.69, 9.17) is 85.2 Å². The van der Waals surface area contributed by atoms with Crippen LogP contribution in [-0.4, -0.2) is 32.6 Å². The maximum Gasteiger partial charge on any atom is 0.489 e. The van der Waals surface area contributed by atoms with E-state index >= 15 is 0 Å². The maximum absolute atomic E-state index is 12.5. The lowest BCUT2D eigenvalue weighted by Gasteiger charge is -2.40. The highest BCUT2D eigenvalue weighted by Crippen LogP contribution is 2.63. The molecule has 0 radical (unpaired) electrons. The summed E-state index contributed by atoms with van der Waals surface area (Å²) >= 11 is 35.4. The fraction of sp³-hybridized carbons (Fsp3) is 0.0150. The number of para-hydroxylation sites is 2. The first-order chi connectivity index (χ1) is 81.7. The lowest BCUT2D eigenvalue weighted by molar-refractivity contribution is 0.104. The number of nitrogens with zero attached hydrogens (tertiary/aromatic N) is 1. The molecule has 2 heterocycles. The van der Waals surface area contributed by atoms with Crippen LogP contribution in [0.4, 0.5) is 11.4 Å². The minimum Gasteiger partial charge on any atom is -0.423 e. The van der Waals surface area contributed by atoms with Crippen LogP contribution in [-0.2, 0) is 11.0 Å². The lowest BCUT2D eigenvalue weighted by Crippen LogP contribution is -2.31. The summed E-state index contributed by atoms with van der Waals surface area (Å²) in [7, 11) is -1.39. The molecule has 2 aromatic heterocycles. The Labute approximate surface area is 942 Å². The molecule has 4 N–H and O–H groups in total. The van der Waals surface area contributed by atoms with Gasteiger partial charge in [0.1, 0.15) is 5.60 Å². The van der Waals surface area contributed by atoms with Crippen molar-refractivity contribution in [2.24, 2.45) is 0 Å². The number of halogens is 7. The van der Waals surface area contributed by atoms with E-state index in [2.05, 4.69) is 181 Å². The molecule has 0 saturated carbocycles. The first-order valence-electron chi connectivity index (χ1n) is 57.8. The summed E-state index contributed by atoms with van der Waals surface area (Å²) in [6.07, 6.45) is 0. The molecule has 710 valence electrons. The summed E-state index contributed by atoms with van der Waals surface area (Å²) in [5.41, 5.74) is 20.0. The third-order valence-electron chi connectivity index (χ3n) is 26.8. The van der Waals surface area contributed by atoms with Crippen molar-refractivity contribution in [3.05, 3.63) is 580 Å². The Kier molecular flexibility index (Phi) is 20.9. The minimum atomic E-state index is -1.53. The number of ketones is 1. The Balaban J connectivity index is 0.000000109. The molecule has 25 aromatic rings. The molecule has 6 nitrogen and oxygen atoms in total. The molecule has 148 heavy (non-hydrogen) atoms. The number of carbonyl (C=O) groups is 1. The molecule has 0 fully saturated rings. The van der Waals surface area contributed by atoms with Gasteiger partial charge >= 0.3 is 7.12 Å². The van der Waals surface area contributed by atoms with E-state index in [9.17, 15) is 11.3 Å². The number of rotatable bonds is 7. The van der Waals surface area contributed by atoms with E-state index in [1.165, 1.54) is 53.7 Å². The van der Waals surface area contributed by atoms with Crippen molar-refractivity contribution in [1.29, 1.82) is 0 Å². The van der Waals surface area contributed by atoms with E-state index in [1.807, 2.05) is 169 Å². The second-order valence-corrected chi connectivity index (χ2v) is 40.3. The van der Waals surface area contributed by atoms with E-state index in [-0.39, 0.29) is 197 Å². The quantitative estimate of drug-likeness (QED) is 0.0942. The molecule has 4 aliphatic carbocycles. The monoisotopic (exact) mass is 2260 g/mol. The number of hydrogen-bond acceptors (Lipinski definition) is 6. The molecule has 0 unspecified atom stereocenters. The Hall–Kier alpha value is -14.6. The van der Waals surface area contributed by atoms with Gasteiger partial charge in [0.25, 0.3) is 0 Å². The number of aromatic nitrogens is 1. The van der Waals surface area contributed by atoms with Gasteiger partial charge in [-0.1, -0.05) is 484 Å². The minimum absolute atomic E-state index is 0.0115. The van der Waals surface area contributed by atoms with Crippen LogP contribution in [0.3, 0.4) is 0 Å². The average molecular weight is 2270 g/mol. The summed E-state index contributed by atoms with van der Waals surface area (Å²) in [4.78, 5) is 11.9. The summed E-state index contributed by atoms with van der Waals surface area (Å²) in [5, 5.41) is 40.3. The largest absolute Gasteiger partial charge is 0.489 e. The Bertz CT molecular complexity index is 10700. The number of fused-ring (bicyclic) bond motifs is 24. The second kappa shape index (κ2) is 41.6. The van der Waals surface area contributed by atoms with Crippen molar-refractivity contribution >= 4 is 227 Å². The molecular formula is C133H86BBr2Cl4IN2O4S. The van der Waals surface area contributed by atoms with Crippen molar-refractivity contribution in [2.75, 3.05) is 5.32 Å². The van der Waals surface area contributed by atoms with Gasteiger partial charge in [-0.2, -0.15) is 0 Å². The van der Waals surface area contributed by atoms with Crippen molar-refractivity contribution < 1.29 is 50.1 Å². The van der Waals surface area contributed by atoms with Crippen molar-refractivity contribution in [3.63, 3.8) is 0 Å². The fourth-order valence-electron chi connectivity index (χ4n) is 20.5. The molecule has 29 rings (SSSR count). The van der Waals surface area contributed by atoms with Crippen molar-refractivity contribution in [2.45, 2.75) is 11.0 Å². The maximum atomic E-state index is 12.5. The van der Waals surface area contributed by atoms with Crippen LogP contribution in [0.1, 0.15) is 85.0 Å². The van der Waals surface area contributed by atoms with Crippen LogP contribution < -0.4 is 10.8 Å². The number of thiophene rings is 1. The zero-order chi connectivity index (χ0) is 120. The molecule has 0 aliphatic heterocycles. The third kappa shape index (κ3) is 17.5. The van der Waals surface area contributed by atoms with Crippen LogP contribution in [0.15, 0.2) is 506 Å². The van der Waals surface area contributed by atoms with E-state index in [0.29, 0.717) is 73.3 Å². The summed E-state index contributed by atoms with van der Waals surface area (Å²) < 4.78 is 188. The molecule has 0 bridgehead atoms. The Morgan fingerprint density at radius 3 is 1.30 bits per heavy atom. The fourth-order valence-corrected chi connectivity index (χ4v) is 23.9. The van der Waals surface area contributed by atoms with Gasteiger partial charge in [-0.05, 0) is 229 Å². The first kappa shape index (κ1) is 74.3. The highest BCUT2D eigenvalue weighted by molar-refractivity contribution is 14.1. The van der Waals surface area contributed by atoms with Gasteiger partial charge in [0.15, 0.2) is 5.78 Å². The van der Waals surface area contributed by atoms with Gasteiger partial charge in [0.2, 0.25) is 0 Å². The Morgan fingerprint density at radius 2 is 0.716 bits per heavy atom. The van der Waals surface area contributed by atoms with Crippen LogP contribution in [0.5, 0.6) is 0 Å². The summed E-state index contributed by atoms with van der Waals surface area (Å²) in [6, 6.07) is 114. The number of carbonyl (C=O) groups excluding carboxylic acids is 1. The highest BCUT2D eigenvalue weighted by atomic mass is 127. The van der Waals surface area contributed by atoms with Gasteiger partial charge in [-0.3, -0.25) is 4.79 Å². The number of nitrogens with one attached hydrogen (secondary N) is 1. The van der Waals surface area contributed by atoms with E-state index in [1.54, 1.807) is 83.3 Å². The van der Waals surface area contributed by atoms with Crippen LogP contribution in [0, 0.1) is 3.57 Å². The number of aliphatic hydroxyl groups is 1. The van der Waals surface area contributed by atoms with Crippen LogP contribution in [0.2, 0.25) is 20.1 Å². The van der Waals surface area contributed by atoms with E-state index in [0.717, 1.165) is 78.1 Å². The van der Waals surface area contributed by atoms with Gasteiger partial charge in [0.05, 0.1) is 46.6 Å². The molecule has 15 heteroatoms. The Morgan fingerprint density at radius 1 is 0.304 bits per heavy atom. The van der Waals surface area contributed by atoms with Crippen LogP contribution >= 0.6 is 112 Å². The highest BCUT2D eigenvalue weighted by Gasteiger charge is 2.50. The number of anilines is 2. The summed E-state index contributed by atoms with van der Waals surface area (Å²) in [5.74, 6) is 0.149. The molecule has 0 amide bonds. The zero-order valence-electron chi connectivity index (χ0n) is 99.5. The normalized spacial score (nSPS) is 14.5. The second-order valence-electron chi connectivity index (χ2n) is 34.9. The van der Waals surface area contributed by atoms with Gasteiger partial charge in [-0.15, -0.1) is 11.3 Å². The van der Waals surface area contributed by atoms with E-state index < -0.39 is 18.1 Å². The molecule has 1 spiro atoms. The lowest BCUT2D eigenvalue weighted by atomic mass is 9.61. The average Bonchev–Trinajstić information content (AvgIpc) is 1.46. The molecule has 4 aliphatic rings. The number of hydrogen-bond donors (Lipinski definition) is 4. The molecule has 23 aromatic carbocycles. The zero-order valence-corrected chi connectivity index (χ0v) is 86.6. The first-order valence-corrected chi connectivity index (χ1v) is 51.8. The van der Waals surface area contributed by atoms with Crippen molar-refractivity contribution in [1.82, 2.24) is 4.57 Å². The smallest absolute Gasteiger partial charge is 0.423 e. The molecule has 0 saturated heterocycles. The molecule has 0 atom stereocenters. The van der Waals surface area contributed by atoms with Gasteiger partial charge < -0.3 is 25.0 Å². The number of benzene rings is 23. The predicted molar refractivity (Wildman–Crippen MR) is 640 cm³/mol. The van der Waals surface area contributed by atoms with Crippen molar-refractivity contribution in [3.8, 4) is 72.4 Å².